The molecule has 1 aromatic heterocycles. The van der Waals surface area contributed by atoms with E-state index in [4.69, 9.17) is 11.6 Å². The fourth-order valence-corrected chi connectivity index (χ4v) is 4.22. The number of fused-ring (bicyclic) bond motifs is 1. The quantitative estimate of drug-likeness (QED) is 0.683. The van der Waals surface area contributed by atoms with Gasteiger partial charge in [0.1, 0.15) is 4.90 Å². The Labute approximate surface area is 146 Å². The molecule has 5 nitrogen and oxygen atoms in total. The molecule has 0 atom stereocenters. The van der Waals surface area contributed by atoms with Crippen LogP contribution in [0.5, 0.6) is 0 Å². The summed E-state index contributed by atoms with van der Waals surface area (Å²) in [6.45, 7) is 2.88. The van der Waals surface area contributed by atoms with Crippen LogP contribution in [0.2, 0.25) is 5.02 Å². The third-order valence-corrected chi connectivity index (χ3v) is 5.72. The van der Waals surface area contributed by atoms with Crippen molar-refractivity contribution in [2.45, 2.75) is 24.8 Å². The van der Waals surface area contributed by atoms with E-state index in [1.165, 1.54) is 6.07 Å². The molecule has 0 aliphatic carbocycles. The summed E-state index contributed by atoms with van der Waals surface area (Å²) in [4.78, 5) is 4.43. The van der Waals surface area contributed by atoms with Crippen molar-refractivity contribution in [1.29, 1.82) is 0 Å². The minimum absolute atomic E-state index is 0.114. The summed E-state index contributed by atoms with van der Waals surface area (Å²) in [5.74, 6) is 0. The molecule has 3 aromatic rings. The molecule has 0 bridgehead atoms. The molecule has 0 saturated heterocycles. The zero-order valence-electron chi connectivity index (χ0n) is 13.2. The maximum atomic E-state index is 12.3. The van der Waals surface area contributed by atoms with Crippen molar-refractivity contribution in [2.75, 3.05) is 6.54 Å². The van der Waals surface area contributed by atoms with Crippen molar-refractivity contribution in [3.05, 3.63) is 59.4 Å². The number of sulfonamides is 1. The molecule has 0 spiro atoms. The Morgan fingerprint density at radius 3 is 2.79 bits per heavy atom. The second kappa shape index (κ2) is 6.93. The molecule has 7 heteroatoms. The van der Waals surface area contributed by atoms with Crippen LogP contribution in [-0.2, 0) is 16.6 Å². The normalized spacial score (nSPS) is 11.9. The van der Waals surface area contributed by atoms with Crippen molar-refractivity contribution in [2.24, 2.45) is 0 Å². The summed E-state index contributed by atoms with van der Waals surface area (Å²) in [6, 6.07) is 12.8. The van der Waals surface area contributed by atoms with Crippen LogP contribution in [0.1, 0.15) is 12.0 Å². The number of nitrogens with zero attached hydrogens (tertiary/aromatic N) is 2. The number of rotatable bonds is 6. The topological polar surface area (TPSA) is 64.0 Å². The Hall–Kier alpha value is -1.89. The molecular weight excluding hydrogens is 346 g/mol. The monoisotopic (exact) mass is 363 g/mol. The van der Waals surface area contributed by atoms with Gasteiger partial charge in [0.2, 0.25) is 10.0 Å². The Kier molecular flexibility index (Phi) is 4.89. The minimum atomic E-state index is -3.60. The van der Waals surface area contributed by atoms with Crippen molar-refractivity contribution in [3.8, 4) is 0 Å². The van der Waals surface area contributed by atoms with Crippen LogP contribution in [0.15, 0.2) is 53.7 Å². The standard InChI is InChI=1S/C17H18ClN3O2S/c1-13-7-8-17(14(18)11-13)24(22,23)20-9-4-10-21-12-19-15-5-2-3-6-16(15)21/h2-3,5-8,11-12,20H,4,9-10H2,1H3. The lowest BCUT2D eigenvalue weighted by Gasteiger charge is -2.09. The van der Waals surface area contributed by atoms with E-state index in [2.05, 4.69) is 9.71 Å². The number of halogens is 1. The maximum absolute atomic E-state index is 12.3. The Morgan fingerprint density at radius 1 is 1.21 bits per heavy atom. The van der Waals surface area contributed by atoms with E-state index in [0.717, 1.165) is 16.6 Å². The van der Waals surface area contributed by atoms with Gasteiger partial charge in [-0.15, -0.1) is 0 Å². The number of benzene rings is 2. The van der Waals surface area contributed by atoms with E-state index in [9.17, 15) is 8.42 Å². The van der Waals surface area contributed by atoms with Gasteiger partial charge in [0.15, 0.2) is 0 Å². The van der Waals surface area contributed by atoms with Gasteiger partial charge in [-0.2, -0.15) is 0 Å². The van der Waals surface area contributed by atoms with Gasteiger partial charge in [0.25, 0.3) is 0 Å². The fraction of sp³-hybridized carbons (Fsp3) is 0.235. The highest BCUT2D eigenvalue weighted by molar-refractivity contribution is 7.89. The maximum Gasteiger partial charge on any atom is 0.242 e. The number of aryl methyl sites for hydroxylation is 2. The summed E-state index contributed by atoms with van der Waals surface area (Å²) < 4.78 is 29.3. The average molecular weight is 364 g/mol. The first-order chi connectivity index (χ1) is 11.5. The summed E-state index contributed by atoms with van der Waals surface area (Å²) in [7, 11) is -3.60. The first-order valence-corrected chi connectivity index (χ1v) is 9.49. The molecule has 0 fully saturated rings. The average Bonchev–Trinajstić information content (AvgIpc) is 2.94. The van der Waals surface area contributed by atoms with Crippen molar-refractivity contribution < 1.29 is 8.42 Å². The van der Waals surface area contributed by atoms with E-state index in [1.807, 2.05) is 35.8 Å². The SMILES string of the molecule is Cc1ccc(S(=O)(=O)NCCCn2cnc3ccccc32)c(Cl)c1. The van der Waals surface area contributed by atoms with E-state index < -0.39 is 10.0 Å². The van der Waals surface area contributed by atoms with Gasteiger partial charge in [-0.25, -0.2) is 18.1 Å². The van der Waals surface area contributed by atoms with Gasteiger partial charge in [-0.05, 0) is 43.2 Å². The van der Waals surface area contributed by atoms with Gasteiger partial charge in [-0.3, -0.25) is 0 Å². The number of para-hydroxylation sites is 2. The van der Waals surface area contributed by atoms with Crippen LogP contribution in [0.25, 0.3) is 11.0 Å². The number of hydrogen-bond donors (Lipinski definition) is 1. The Bertz CT molecular complexity index is 967. The van der Waals surface area contributed by atoms with Crippen LogP contribution in [0.4, 0.5) is 0 Å². The highest BCUT2D eigenvalue weighted by Crippen LogP contribution is 2.22. The number of nitrogens with one attached hydrogen (secondary N) is 1. The Balaban J connectivity index is 1.61. The molecule has 2 aromatic carbocycles. The van der Waals surface area contributed by atoms with E-state index in [1.54, 1.807) is 18.5 Å². The molecule has 0 radical (unpaired) electrons. The number of imidazole rings is 1. The highest BCUT2D eigenvalue weighted by Gasteiger charge is 2.17. The van der Waals surface area contributed by atoms with Crippen LogP contribution < -0.4 is 4.72 Å². The molecule has 0 aliphatic rings. The molecular formula is C17H18ClN3O2S. The molecule has 0 amide bonds. The third-order valence-electron chi connectivity index (χ3n) is 3.77. The zero-order chi connectivity index (χ0) is 17.2. The lowest BCUT2D eigenvalue weighted by atomic mass is 10.2. The van der Waals surface area contributed by atoms with Crippen LogP contribution in [-0.4, -0.2) is 24.5 Å². The molecule has 0 aliphatic heterocycles. The molecule has 0 saturated carbocycles. The summed E-state index contributed by atoms with van der Waals surface area (Å²) in [5, 5.41) is 0.239. The van der Waals surface area contributed by atoms with E-state index >= 15 is 0 Å². The second-order valence-electron chi connectivity index (χ2n) is 5.61. The highest BCUT2D eigenvalue weighted by atomic mass is 35.5. The molecule has 1 heterocycles. The predicted molar refractivity (Wildman–Crippen MR) is 95.7 cm³/mol. The summed E-state index contributed by atoms with van der Waals surface area (Å²) in [5.41, 5.74) is 2.90. The molecule has 126 valence electrons. The molecule has 0 unspecified atom stereocenters. The van der Waals surface area contributed by atoms with E-state index in [-0.39, 0.29) is 9.92 Å². The lowest BCUT2D eigenvalue weighted by Crippen LogP contribution is -2.25. The van der Waals surface area contributed by atoms with E-state index in [0.29, 0.717) is 19.5 Å². The van der Waals surface area contributed by atoms with Gasteiger partial charge in [0, 0.05) is 13.1 Å². The van der Waals surface area contributed by atoms with Crippen LogP contribution in [0, 0.1) is 6.92 Å². The largest absolute Gasteiger partial charge is 0.331 e. The van der Waals surface area contributed by atoms with Crippen molar-refractivity contribution in [3.63, 3.8) is 0 Å². The summed E-state index contributed by atoms with van der Waals surface area (Å²) in [6.07, 6.45) is 2.43. The van der Waals surface area contributed by atoms with Gasteiger partial charge < -0.3 is 4.57 Å². The lowest BCUT2D eigenvalue weighted by molar-refractivity contribution is 0.571. The van der Waals surface area contributed by atoms with Gasteiger partial charge in [0.05, 0.1) is 22.4 Å². The summed E-state index contributed by atoms with van der Waals surface area (Å²) >= 11 is 6.04. The van der Waals surface area contributed by atoms with Crippen molar-refractivity contribution >= 4 is 32.7 Å². The first-order valence-electron chi connectivity index (χ1n) is 7.63. The molecule has 1 N–H and O–H groups in total. The van der Waals surface area contributed by atoms with Gasteiger partial charge in [-0.1, -0.05) is 29.8 Å². The first kappa shape index (κ1) is 17.0. The second-order valence-corrected chi connectivity index (χ2v) is 7.75. The molecule has 3 rings (SSSR count). The number of aromatic nitrogens is 2. The van der Waals surface area contributed by atoms with Crippen LogP contribution in [0.3, 0.4) is 0 Å². The predicted octanol–water partition coefficient (Wildman–Crippen LogP) is 3.37. The smallest absolute Gasteiger partial charge is 0.242 e. The Morgan fingerprint density at radius 2 is 2.00 bits per heavy atom. The fourth-order valence-electron chi connectivity index (χ4n) is 2.55. The third kappa shape index (κ3) is 3.61. The number of hydrogen-bond acceptors (Lipinski definition) is 3. The zero-order valence-corrected chi connectivity index (χ0v) is 14.8. The molecule has 24 heavy (non-hydrogen) atoms. The van der Waals surface area contributed by atoms with Crippen molar-refractivity contribution in [1.82, 2.24) is 14.3 Å². The van der Waals surface area contributed by atoms with Crippen LogP contribution >= 0.6 is 11.6 Å². The van der Waals surface area contributed by atoms with Gasteiger partial charge >= 0.3 is 0 Å². The minimum Gasteiger partial charge on any atom is -0.331 e.